The van der Waals surface area contributed by atoms with Crippen LogP contribution in [0.4, 0.5) is 0 Å². The number of aliphatic hydroxyl groups is 1. The quantitative estimate of drug-likeness (QED) is 0.848. The van der Waals surface area contributed by atoms with E-state index in [1.54, 1.807) is 13.8 Å². The molecule has 0 bridgehead atoms. The Morgan fingerprint density at radius 2 is 2.00 bits per heavy atom. The van der Waals surface area contributed by atoms with Gasteiger partial charge in [0.1, 0.15) is 12.4 Å². The third-order valence-corrected chi connectivity index (χ3v) is 2.93. The highest BCUT2D eigenvalue weighted by Crippen LogP contribution is 2.29. The average Bonchev–Trinajstić information content (AvgIpc) is 2.25. The molecule has 0 radical (unpaired) electrons. The van der Waals surface area contributed by atoms with Gasteiger partial charge in [-0.15, -0.1) is 0 Å². The molecule has 0 unspecified atom stereocenters. The standard InChI is InChI=1S/C14H20O2/c1-14(2,15)10-16-13-9-5-7-11-6-3-4-8-12(11)13/h5,7,9,15H,3-4,6,8,10H2,1-2H3. The van der Waals surface area contributed by atoms with Crippen molar-refractivity contribution in [2.45, 2.75) is 45.1 Å². The number of hydrogen-bond donors (Lipinski definition) is 1. The first-order chi connectivity index (χ1) is 7.56. The molecule has 2 rings (SSSR count). The lowest BCUT2D eigenvalue weighted by atomic mass is 9.91. The molecule has 0 saturated carbocycles. The van der Waals surface area contributed by atoms with Crippen molar-refractivity contribution in [3.8, 4) is 5.75 Å². The van der Waals surface area contributed by atoms with E-state index >= 15 is 0 Å². The molecule has 0 amide bonds. The van der Waals surface area contributed by atoms with Crippen molar-refractivity contribution in [3.63, 3.8) is 0 Å². The summed E-state index contributed by atoms with van der Waals surface area (Å²) < 4.78 is 5.72. The fraction of sp³-hybridized carbons (Fsp3) is 0.571. The molecule has 0 saturated heterocycles. The maximum absolute atomic E-state index is 9.66. The molecule has 1 aliphatic rings. The second-order valence-corrected chi connectivity index (χ2v) is 5.20. The minimum absolute atomic E-state index is 0.351. The van der Waals surface area contributed by atoms with Gasteiger partial charge >= 0.3 is 0 Å². The van der Waals surface area contributed by atoms with E-state index in [2.05, 4.69) is 6.07 Å². The molecular weight excluding hydrogens is 200 g/mol. The van der Waals surface area contributed by atoms with Crippen molar-refractivity contribution in [1.82, 2.24) is 0 Å². The van der Waals surface area contributed by atoms with Crippen LogP contribution in [0.2, 0.25) is 0 Å². The molecule has 1 aromatic rings. The van der Waals surface area contributed by atoms with Crippen LogP contribution in [-0.4, -0.2) is 17.3 Å². The fourth-order valence-corrected chi connectivity index (χ4v) is 2.14. The van der Waals surface area contributed by atoms with Gasteiger partial charge in [0, 0.05) is 0 Å². The smallest absolute Gasteiger partial charge is 0.122 e. The first-order valence-electron chi connectivity index (χ1n) is 6.02. The summed E-state index contributed by atoms with van der Waals surface area (Å²) in [6.45, 7) is 3.88. The van der Waals surface area contributed by atoms with Crippen LogP contribution in [0.3, 0.4) is 0 Å². The second kappa shape index (κ2) is 4.46. The Balaban J connectivity index is 2.15. The van der Waals surface area contributed by atoms with E-state index in [9.17, 15) is 5.11 Å². The molecule has 0 fully saturated rings. The van der Waals surface area contributed by atoms with Crippen LogP contribution in [0, 0.1) is 0 Å². The molecule has 0 spiro atoms. The van der Waals surface area contributed by atoms with Crippen LogP contribution >= 0.6 is 0 Å². The Kier molecular flexibility index (Phi) is 3.20. The normalized spacial score (nSPS) is 15.7. The molecule has 0 aromatic heterocycles. The SMILES string of the molecule is CC(C)(O)COc1cccc2c1CCCC2. The zero-order valence-electron chi connectivity index (χ0n) is 10.1. The summed E-state index contributed by atoms with van der Waals surface area (Å²) in [6.07, 6.45) is 4.80. The molecule has 16 heavy (non-hydrogen) atoms. The van der Waals surface area contributed by atoms with Crippen molar-refractivity contribution < 1.29 is 9.84 Å². The van der Waals surface area contributed by atoms with E-state index in [0.717, 1.165) is 18.6 Å². The van der Waals surface area contributed by atoms with E-state index in [1.165, 1.54) is 24.0 Å². The summed E-state index contributed by atoms with van der Waals surface area (Å²) in [4.78, 5) is 0. The lowest BCUT2D eigenvalue weighted by molar-refractivity contribution is 0.0281. The number of aryl methyl sites for hydroxylation is 1. The van der Waals surface area contributed by atoms with Crippen LogP contribution in [-0.2, 0) is 12.8 Å². The Hall–Kier alpha value is -1.02. The number of ether oxygens (including phenoxy) is 1. The summed E-state index contributed by atoms with van der Waals surface area (Å²) in [5.41, 5.74) is 2.00. The van der Waals surface area contributed by atoms with Crippen molar-refractivity contribution in [3.05, 3.63) is 29.3 Å². The summed E-state index contributed by atoms with van der Waals surface area (Å²) in [6, 6.07) is 6.24. The molecule has 0 atom stereocenters. The van der Waals surface area contributed by atoms with Gasteiger partial charge < -0.3 is 9.84 Å². The van der Waals surface area contributed by atoms with Crippen molar-refractivity contribution >= 4 is 0 Å². The van der Waals surface area contributed by atoms with Crippen molar-refractivity contribution in [1.29, 1.82) is 0 Å². The van der Waals surface area contributed by atoms with Gasteiger partial charge in [0.05, 0.1) is 5.60 Å². The van der Waals surface area contributed by atoms with Gasteiger partial charge in [0.15, 0.2) is 0 Å². The molecule has 1 aliphatic carbocycles. The van der Waals surface area contributed by atoms with E-state index < -0.39 is 5.60 Å². The van der Waals surface area contributed by atoms with Gasteiger partial charge in [0.2, 0.25) is 0 Å². The van der Waals surface area contributed by atoms with Crippen molar-refractivity contribution in [2.24, 2.45) is 0 Å². The van der Waals surface area contributed by atoms with E-state index in [1.807, 2.05) is 12.1 Å². The highest BCUT2D eigenvalue weighted by molar-refractivity contribution is 5.41. The minimum Gasteiger partial charge on any atom is -0.490 e. The second-order valence-electron chi connectivity index (χ2n) is 5.20. The monoisotopic (exact) mass is 220 g/mol. The van der Waals surface area contributed by atoms with Crippen LogP contribution in [0.25, 0.3) is 0 Å². The molecular formula is C14H20O2. The third-order valence-electron chi connectivity index (χ3n) is 2.93. The Bertz CT molecular complexity index is 363. The number of fused-ring (bicyclic) bond motifs is 1. The van der Waals surface area contributed by atoms with Gasteiger partial charge in [-0.05, 0) is 56.7 Å². The van der Waals surface area contributed by atoms with Gasteiger partial charge in [0.25, 0.3) is 0 Å². The van der Waals surface area contributed by atoms with Gasteiger partial charge in [-0.3, -0.25) is 0 Å². The van der Waals surface area contributed by atoms with Crippen LogP contribution in [0.15, 0.2) is 18.2 Å². The summed E-state index contributed by atoms with van der Waals surface area (Å²) in [7, 11) is 0. The summed E-state index contributed by atoms with van der Waals surface area (Å²) >= 11 is 0. The minimum atomic E-state index is -0.766. The molecule has 2 nitrogen and oxygen atoms in total. The largest absolute Gasteiger partial charge is 0.490 e. The first-order valence-corrected chi connectivity index (χ1v) is 6.02. The van der Waals surface area contributed by atoms with E-state index in [-0.39, 0.29) is 0 Å². The average molecular weight is 220 g/mol. The predicted octanol–water partition coefficient (Wildman–Crippen LogP) is 2.72. The predicted molar refractivity (Wildman–Crippen MR) is 64.9 cm³/mol. The molecule has 1 aromatic carbocycles. The van der Waals surface area contributed by atoms with Gasteiger partial charge in [-0.25, -0.2) is 0 Å². The first kappa shape index (κ1) is 11.5. The van der Waals surface area contributed by atoms with Gasteiger partial charge in [-0.2, -0.15) is 0 Å². The molecule has 88 valence electrons. The Morgan fingerprint density at radius 3 is 2.75 bits per heavy atom. The molecule has 1 N–H and O–H groups in total. The topological polar surface area (TPSA) is 29.5 Å². The number of hydrogen-bond acceptors (Lipinski definition) is 2. The maximum atomic E-state index is 9.66. The fourth-order valence-electron chi connectivity index (χ4n) is 2.14. The molecule has 0 aliphatic heterocycles. The molecule has 2 heteroatoms. The highest BCUT2D eigenvalue weighted by Gasteiger charge is 2.17. The third kappa shape index (κ3) is 2.76. The van der Waals surface area contributed by atoms with Crippen LogP contribution < -0.4 is 4.74 Å². The zero-order valence-corrected chi connectivity index (χ0v) is 10.1. The lowest BCUT2D eigenvalue weighted by Crippen LogP contribution is -2.28. The Labute approximate surface area is 97.3 Å². The number of benzene rings is 1. The summed E-state index contributed by atoms with van der Waals surface area (Å²) in [5.74, 6) is 0.958. The Morgan fingerprint density at radius 1 is 1.25 bits per heavy atom. The van der Waals surface area contributed by atoms with E-state index in [0.29, 0.717) is 6.61 Å². The lowest BCUT2D eigenvalue weighted by Gasteiger charge is -2.22. The highest BCUT2D eigenvalue weighted by atomic mass is 16.5. The van der Waals surface area contributed by atoms with Crippen LogP contribution in [0.5, 0.6) is 5.75 Å². The van der Waals surface area contributed by atoms with Gasteiger partial charge in [-0.1, -0.05) is 12.1 Å². The number of rotatable bonds is 3. The van der Waals surface area contributed by atoms with Crippen molar-refractivity contribution in [2.75, 3.05) is 6.61 Å². The summed E-state index contributed by atoms with van der Waals surface area (Å²) in [5, 5.41) is 9.66. The zero-order chi connectivity index (χ0) is 11.6. The maximum Gasteiger partial charge on any atom is 0.122 e. The molecule has 0 heterocycles. The van der Waals surface area contributed by atoms with Crippen LogP contribution in [0.1, 0.15) is 37.8 Å². The van der Waals surface area contributed by atoms with E-state index in [4.69, 9.17) is 4.74 Å².